The van der Waals surface area contributed by atoms with Crippen LogP contribution >= 0.6 is 0 Å². The van der Waals surface area contributed by atoms with Crippen LogP contribution < -0.4 is 20.9 Å². The summed E-state index contributed by atoms with van der Waals surface area (Å²) in [4.78, 5) is 67.1. The molecule has 2 fully saturated rings. The quantitative estimate of drug-likeness (QED) is 0.344. The van der Waals surface area contributed by atoms with Gasteiger partial charge in [0.1, 0.15) is 17.2 Å². The molecule has 1 saturated heterocycles. The molecular formula is C30H39N9O4. The summed E-state index contributed by atoms with van der Waals surface area (Å²) in [6.07, 6.45) is 9.32. The number of hydrogen-bond acceptors (Lipinski definition) is 8. The van der Waals surface area contributed by atoms with Crippen molar-refractivity contribution in [1.82, 2.24) is 35.1 Å². The van der Waals surface area contributed by atoms with Crippen LogP contribution in [0.5, 0.6) is 0 Å². The number of rotatable bonds is 9. The third kappa shape index (κ3) is 6.60. The van der Waals surface area contributed by atoms with Crippen molar-refractivity contribution in [3.8, 4) is 0 Å². The molecule has 1 atom stereocenters. The number of fused-ring (bicyclic) bond motifs is 1. The molecule has 43 heavy (non-hydrogen) atoms. The molecule has 13 nitrogen and oxygen atoms in total. The van der Waals surface area contributed by atoms with Crippen LogP contribution in [0.3, 0.4) is 0 Å². The Labute approximate surface area is 250 Å². The van der Waals surface area contributed by atoms with E-state index < -0.39 is 0 Å². The molecule has 1 saturated carbocycles. The fraction of sp³-hybridized carbons (Fsp3) is 0.500. The SMILES string of the molecule is CCCC1CN(c2ccc(Nc3ncc4cc(C(=O)NC)n(C5CCCC5)c4n3)nc2)C(=O)CCN1C(=O)CNC(C)=O. The number of hydrogen-bond donors (Lipinski definition) is 3. The van der Waals surface area contributed by atoms with Gasteiger partial charge in [0.05, 0.1) is 18.4 Å². The minimum Gasteiger partial charge on any atom is -0.354 e. The highest BCUT2D eigenvalue weighted by atomic mass is 16.2. The second-order valence-electron chi connectivity index (χ2n) is 11.1. The van der Waals surface area contributed by atoms with Crippen molar-refractivity contribution in [2.24, 2.45) is 0 Å². The highest BCUT2D eigenvalue weighted by Gasteiger charge is 2.32. The minimum absolute atomic E-state index is 0.0853. The molecular weight excluding hydrogens is 550 g/mol. The van der Waals surface area contributed by atoms with Crippen molar-refractivity contribution in [1.29, 1.82) is 0 Å². The molecule has 4 amide bonds. The summed E-state index contributed by atoms with van der Waals surface area (Å²) in [5, 5.41) is 9.25. The van der Waals surface area contributed by atoms with Crippen molar-refractivity contribution in [2.45, 2.75) is 70.9 Å². The Morgan fingerprint density at radius 3 is 2.56 bits per heavy atom. The fourth-order valence-electron chi connectivity index (χ4n) is 6.04. The van der Waals surface area contributed by atoms with E-state index in [1.165, 1.54) is 6.92 Å². The molecule has 0 radical (unpaired) electrons. The van der Waals surface area contributed by atoms with Gasteiger partial charge in [0.2, 0.25) is 23.7 Å². The van der Waals surface area contributed by atoms with E-state index in [-0.39, 0.29) is 48.7 Å². The summed E-state index contributed by atoms with van der Waals surface area (Å²) in [5.74, 6) is 0.158. The van der Waals surface area contributed by atoms with E-state index in [2.05, 4.69) is 25.9 Å². The topological polar surface area (TPSA) is 154 Å². The van der Waals surface area contributed by atoms with Gasteiger partial charge in [-0.1, -0.05) is 26.2 Å². The van der Waals surface area contributed by atoms with Crippen molar-refractivity contribution in [3.05, 3.63) is 36.3 Å². The van der Waals surface area contributed by atoms with Gasteiger partial charge in [0, 0.05) is 57.1 Å². The summed E-state index contributed by atoms with van der Waals surface area (Å²) in [5.41, 5.74) is 1.92. The molecule has 0 aromatic carbocycles. The Morgan fingerprint density at radius 2 is 1.88 bits per heavy atom. The predicted octanol–water partition coefficient (Wildman–Crippen LogP) is 2.91. The second-order valence-corrected chi connectivity index (χ2v) is 11.1. The van der Waals surface area contributed by atoms with E-state index >= 15 is 0 Å². The normalized spacial score (nSPS) is 17.7. The molecule has 3 aromatic rings. The standard InChI is InChI=1S/C30H39N9O4/c1-4-7-23-18-38(26(41)12-13-37(23)27(42)17-32-19(2)40)22-10-11-25(33-16-22)35-30-34-15-20-14-24(29(43)31-3)39(28(20)36-30)21-8-5-6-9-21/h10-11,14-16,21,23H,4-9,12-13,17-18H2,1-3H3,(H,31,43)(H,32,40)(H,33,34,35,36). The molecule has 5 rings (SSSR count). The molecule has 1 unspecified atom stereocenters. The third-order valence-corrected chi connectivity index (χ3v) is 8.16. The number of carbonyl (C=O) groups excluding carboxylic acids is 4. The first-order valence-electron chi connectivity index (χ1n) is 15.0. The maximum absolute atomic E-state index is 13.1. The molecule has 0 bridgehead atoms. The zero-order valence-electron chi connectivity index (χ0n) is 24.9. The minimum atomic E-state index is -0.269. The molecule has 3 N–H and O–H groups in total. The van der Waals surface area contributed by atoms with Crippen LogP contribution in [-0.4, -0.2) is 80.8 Å². The maximum Gasteiger partial charge on any atom is 0.267 e. The largest absolute Gasteiger partial charge is 0.354 e. The number of aromatic nitrogens is 4. The molecule has 13 heteroatoms. The summed E-state index contributed by atoms with van der Waals surface area (Å²) >= 11 is 0. The lowest BCUT2D eigenvalue weighted by atomic mass is 10.1. The zero-order valence-corrected chi connectivity index (χ0v) is 24.9. The third-order valence-electron chi connectivity index (χ3n) is 8.16. The average molecular weight is 590 g/mol. The summed E-state index contributed by atoms with van der Waals surface area (Å²) in [6, 6.07) is 5.45. The van der Waals surface area contributed by atoms with E-state index in [1.54, 1.807) is 35.3 Å². The number of nitrogens with zero attached hydrogens (tertiary/aromatic N) is 6. The first-order chi connectivity index (χ1) is 20.8. The van der Waals surface area contributed by atoms with Crippen LogP contribution in [-0.2, 0) is 14.4 Å². The van der Waals surface area contributed by atoms with Gasteiger partial charge in [-0.25, -0.2) is 9.97 Å². The highest BCUT2D eigenvalue weighted by molar-refractivity contribution is 5.98. The van der Waals surface area contributed by atoms with Crippen molar-refractivity contribution >= 4 is 52.1 Å². The number of carbonyl (C=O) groups is 4. The maximum atomic E-state index is 13.1. The predicted molar refractivity (Wildman–Crippen MR) is 162 cm³/mol. The van der Waals surface area contributed by atoms with Gasteiger partial charge in [-0.2, -0.15) is 4.98 Å². The summed E-state index contributed by atoms with van der Waals surface area (Å²) in [7, 11) is 1.62. The van der Waals surface area contributed by atoms with Crippen LogP contribution in [0.4, 0.5) is 17.5 Å². The summed E-state index contributed by atoms with van der Waals surface area (Å²) < 4.78 is 2.03. The molecule has 4 heterocycles. The number of pyridine rings is 1. The lowest BCUT2D eigenvalue weighted by molar-refractivity contribution is -0.134. The number of amides is 4. The molecule has 0 spiro atoms. The van der Waals surface area contributed by atoms with Crippen LogP contribution in [0.25, 0.3) is 11.0 Å². The van der Waals surface area contributed by atoms with E-state index in [0.29, 0.717) is 41.9 Å². The first kappa shape index (κ1) is 29.9. The molecule has 1 aliphatic carbocycles. The van der Waals surface area contributed by atoms with Gasteiger partial charge in [-0.05, 0) is 37.5 Å². The van der Waals surface area contributed by atoms with Gasteiger partial charge in [0.25, 0.3) is 5.91 Å². The van der Waals surface area contributed by atoms with Crippen LogP contribution in [0.1, 0.15) is 75.3 Å². The second kappa shape index (κ2) is 13.2. The molecule has 228 valence electrons. The van der Waals surface area contributed by atoms with Gasteiger partial charge < -0.3 is 30.3 Å². The lowest BCUT2D eigenvalue weighted by Crippen LogP contribution is -2.48. The smallest absolute Gasteiger partial charge is 0.267 e. The van der Waals surface area contributed by atoms with Crippen LogP contribution in [0.2, 0.25) is 0 Å². The molecule has 1 aliphatic heterocycles. The average Bonchev–Trinajstić information content (AvgIpc) is 3.63. The molecule has 3 aromatic heterocycles. The van der Waals surface area contributed by atoms with Crippen molar-refractivity contribution < 1.29 is 19.2 Å². The molecule has 2 aliphatic rings. The van der Waals surface area contributed by atoms with Gasteiger partial charge in [0.15, 0.2) is 0 Å². The number of anilines is 3. The summed E-state index contributed by atoms with van der Waals surface area (Å²) in [6.45, 7) is 3.98. The van der Waals surface area contributed by atoms with Gasteiger partial charge in [-0.15, -0.1) is 0 Å². The Morgan fingerprint density at radius 1 is 1.09 bits per heavy atom. The van der Waals surface area contributed by atoms with Crippen molar-refractivity contribution in [3.63, 3.8) is 0 Å². The van der Waals surface area contributed by atoms with E-state index in [1.807, 2.05) is 23.6 Å². The van der Waals surface area contributed by atoms with Crippen molar-refractivity contribution in [2.75, 3.05) is 36.9 Å². The van der Waals surface area contributed by atoms with E-state index in [4.69, 9.17) is 4.98 Å². The Bertz CT molecular complexity index is 1500. The van der Waals surface area contributed by atoms with Gasteiger partial charge >= 0.3 is 0 Å². The Balaban J connectivity index is 1.34. The Hall–Kier alpha value is -4.55. The Kier molecular flexibility index (Phi) is 9.17. The van der Waals surface area contributed by atoms with Crippen LogP contribution in [0, 0.1) is 0 Å². The van der Waals surface area contributed by atoms with E-state index in [9.17, 15) is 19.2 Å². The van der Waals surface area contributed by atoms with Crippen LogP contribution in [0.15, 0.2) is 30.6 Å². The lowest BCUT2D eigenvalue weighted by Gasteiger charge is -2.31. The highest BCUT2D eigenvalue weighted by Crippen LogP contribution is 2.34. The monoisotopic (exact) mass is 589 g/mol. The fourth-order valence-corrected chi connectivity index (χ4v) is 6.04. The van der Waals surface area contributed by atoms with E-state index in [0.717, 1.165) is 43.9 Å². The number of nitrogens with one attached hydrogen (secondary N) is 3. The first-order valence-corrected chi connectivity index (χ1v) is 15.0. The van der Waals surface area contributed by atoms with Gasteiger partial charge in [-0.3, -0.25) is 19.2 Å². The zero-order chi connectivity index (χ0) is 30.5.